The molecule has 1 saturated heterocycles. The maximum atomic E-state index is 12.6. The molecule has 0 bridgehead atoms. The van der Waals surface area contributed by atoms with Gasteiger partial charge in [-0.2, -0.15) is 11.3 Å². The molecule has 1 fully saturated rings. The molecule has 1 amide bonds. The van der Waals surface area contributed by atoms with Crippen LogP contribution in [0.15, 0.2) is 41.1 Å². The number of aryl methyl sites for hydroxylation is 1. The normalized spacial score (nSPS) is 21.0. The van der Waals surface area contributed by atoms with Crippen LogP contribution in [0.1, 0.15) is 27.4 Å². The Morgan fingerprint density at radius 1 is 1.18 bits per heavy atom. The monoisotopic (exact) mass is 315 g/mol. The van der Waals surface area contributed by atoms with E-state index in [4.69, 9.17) is 0 Å². The zero-order valence-corrected chi connectivity index (χ0v) is 13.0. The first kappa shape index (κ1) is 14.8. The van der Waals surface area contributed by atoms with Crippen LogP contribution in [0.5, 0.6) is 0 Å². The van der Waals surface area contributed by atoms with Gasteiger partial charge in [0.2, 0.25) is 0 Å². The Hall–Kier alpha value is -2.14. The summed E-state index contributed by atoms with van der Waals surface area (Å²) in [4.78, 5) is 25.9. The highest BCUT2D eigenvalue weighted by molar-refractivity contribution is 7.08. The minimum atomic E-state index is -0.841. The molecule has 5 heteroatoms. The lowest BCUT2D eigenvalue weighted by molar-refractivity contribution is -0.141. The highest BCUT2D eigenvalue weighted by atomic mass is 32.1. The molecule has 2 atom stereocenters. The second-order valence-corrected chi connectivity index (χ2v) is 6.38. The molecular formula is C17H17NO3S. The lowest BCUT2D eigenvalue weighted by Crippen LogP contribution is -2.30. The van der Waals surface area contributed by atoms with Crippen molar-refractivity contribution in [1.82, 2.24) is 4.90 Å². The summed E-state index contributed by atoms with van der Waals surface area (Å²) in [6, 6.07) is 9.59. The van der Waals surface area contributed by atoms with E-state index in [0.29, 0.717) is 12.1 Å². The number of carbonyl (C=O) groups excluding carboxylic acids is 1. The van der Waals surface area contributed by atoms with E-state index in [2.05, 4.69) is 0 Å². The molecule has 0 saturated carbocycles. The first-order valence-electron chi connectivity index (χ1n) is 7.17. The Balaban J connectivity index is 1.86. The second kappa shape index (κ2) is 5.93. The zero-order chi connectivity index (χ0) is 15.7. The molecule has 1 N–H and O–H groups in total. The number of likely N-dealkylation sites (tertiary alicyclic amines) is 1. The van der Waals surface area contributed by atoms with Gasteiger partial charge in [0.1, 0.15) is 0 Å². The maximum absolute atomic E-state index is 12.6. The van der Waals surface area contributed by atoms with Gasteiger partial charge in [-0.05, 0) is 23.4 Å². The summed E-state index contributed by atoms with van der Waals surface area (Å²) in [6.07, 6.45) is 0. The van der Waals surface area contributed by atoms with Crippen LogP contribution in [-0.4, -0.2) is 35.0 Å². The number of carboxylic acid groups (broad SMARTS) is 1. The average molecular weight is 315 g/mol. The molecule has 2 unspecified atom stereocenters. The fourth-order valence-electron chi connectivity index (χ4n) is 3.01. The minimum Gasteiger partial charge on any atom is -0.481 e. The van der Waals surface area contributed by atoms with Gasteiger partial charge >= 0.3 is 5.97 Å². The number of carboxylic acids is 1. The predicted octanol–water partition coefficient (Wildman–Crippen LogP) is 3.00. The molecule has 114 valence electrons. The van der Waals surface area contributed by atoms with Crippen molar-refractivity contribution in [3.8, 4) is 0 Å². The molecule has 1 aromatic heterocycles. The number of benzene rings is 1. The highest BCUT2D eigenvalue weighted by Crippen LogP contribution is 2.34. The molecule has 0 aliphatic carbocycles. The molecule has 2 heterocycles. The van der Waals surface area contributed by atoms with Crippen LogP contribution in [0, 0.1) is 12.8 Å². The van der Waals surface area contributed by atoms with Gasteiger partial charge in [-0.25, -0.2) is 0 Å². The Kier molecular flexibility index (Phi) is 3.98. The third-order valence-electron chi connectivity index (χ3n) is 4.24. The number of rotatable bonds is 3. The second-order valence-electron chi connectivity index (χ2n) is 5.64. The summed E-state index contributed by atoms with van der Waals surface area (Å²) in [5, 5.41) is 13.3. The quantitative estimate of drug-likeness (QED) is 0.947. The molecule has 1 aliphatic rings. The molecule has 1 aromatic carbocycles. The molecule has 1 aliphatic heterocycles. The van der Waals surface area contributed by atoms with Gasteiger partial charge in [0.15, 0.2) is 0 Å². The van der Waals surface area contributed by atoms with Crippen LogP contribution >= 0.6 is 11.3 Å². The molecule has 0 radical (unpaired) electrons. The SMILES string of the molecule is Cc1cscc1C(=O)N1CC(C(=O)O)C(c2ccccc2)C1. The summed E-state index contributed by atoms with van der Waals surface area (Å²) >= 11 is 1.49. The standard InChI is InChI=1S/C17H17NO3S/c1-11-9-22-10-15(11)16(19)18-7-13(14(8-18)17(20)21)12-5-3-2-4-6-12/h2-6,9-10,13-14H,7-8H2,1H3,(H,20,21). The molecule has 3 rings (SSSR count). The van der Waals surface area contributed by atoms with E-state index in [0.717, 1.165) is 11.1 Å². The van der Waals surface area contributed by atoms with Crippen LogP contribution in [0.2, 0.25) is 0 Å². The number of carbonyl (C=O) groups is 2. The third kappa shape index (κ3) is 2.64. The van der Waals surface area contributed by atoms with Gasteiger partial charge in [0.05, 0.1) is 11.5 Å². The van der Waals surface area contributed by atoms with Crippen LogP contribution in [0.3, 0.4) is 0 Å². The highest BCUT2D eigenvalue weighted by Gasteiger charge is 2.40. The first-order valence-corrected chi connectivity index (χ1v) is 8.12. The molecule has 2 aromatic rings. The van der Waals surface area contributed by atoms with Gasteiger partial charge in [-0.1, -0.05) is 30.3 Å². The predicted molar refractivity (Wildman–Crippen MR) is 85.3 cm³/mol. The Morgan fingerprint density at radius 3 is 2.50 bits per heavy atom. The number of nitrogens with zero attached hydrogens (tertiary/aromatic N) is 1. The van der Waals surface area contributed by atoms with Crippen molar-refractivity contribution in [3.63, 3.8) is 0 Å². The van der Waals surface area contributed by atoms with Crippen molar-refractivity contribution in [2.24, 2.45) is 5.92 Å². The minimum absolute atomic E-state index is 0.0663. The fraction of sp³-hybridized carbons (Fsp3) is 0.294. The number of thiophene rings is 1. The van der Waals surface area contributed by atoms with Crippen molar-refractivity contribution in [1.29, 1.82) is 0 Å². The summed E-state index contributed by atoms with van der Waals surface area (Å²) in [6.45, 7) is 2.63. The lowest BCUT2D eigenvalue weighted by Gasteiger charge is -2.16. The first-order chi connectivity index (χ1) is 10.6. The summed E-state index contributed by atoms with van der Waals surface area (Å²) < 4.78 is 0. The molecule has 0 spiro atoms. The fourth-order valence-corrected chi connectivity index (χ4v) is 3.83. The Morgan fingerprint density at radius 2 is 1.91 bits per heavy atom. The molecular weight excluding hydrogens is 298 g/mol. The van der Waals surface area contributed by atoms with Crippen molar-refractivity contribution in [3.05, 3.63) is 57.8 Å². The van der Waals surface area contributed by atoms with Gasteiger partial charge in [-0.15, -0.1) is 0 Å². The maximum Gasteiger partial charge on any atom is 0.308 e. The molecule has 22 heavy (non-hydrogen) atoms. The molecule has 4 nitrogen and oxygen atoms in total. The van der Waals surface area contributed by atoms with Gasteiger partial charge in [0, 0.05) is 24.4 Å². The zero-order valence-electron chi connectivity index (χ0n) is 12.2. The number of aliphatic carboxylic acids is 1. The van der Waals surface area contributed by atoms with Gasteiger partial charge < -0.3 is 10.0 Å². The Labute approximate surface area is 133 Å². The van der Waals surface area contributed by atoms with E-state index >= 15 is 0 Å². The van der Waals surface area contributed by atoms with Gasteiger partial charge in [0.25, 0.3) is 5.91 Å². The van der Waals surface area contributed by atoms with E-state index in [-0.39, 0.29) is 18.4 Å². The van der Waals surface area contributed by atoms with E-state index in [9.17, 15) is 14.7 Å². The number of amides is 1. The van der Waals surface area contributed by atoms with E-state index < -0.39 is 11.9 Å². The number of hydrogen-bond acceptors (Lipinski definition) is 3. The topological polar surface area (TPSA) is 57.6 Å². The largest absolute Gasteiger partial charge is 0.481 e. The summed E-state index contributed by atoms with van der Waals surface area (Å²) in [5.41, 5.74) is 2.61. The van der Waals surface area contributed by atoms with E-state index in [1.807, 2.05) is 48.0 Å². The van der Waals surface area contributed by atoms with E-state index in [1.165, 1.54) is 11.3 Å². The lowest BCUT2D eigenvalue weighted by atomic mass is 9.89. The van der Waals surface area contributed by atoms with Crippen LogP contribution < -0.4 is 0 Å². The average Bonchev–Trinajstić information content (AvgIpc) is 3.14. The van der Waals surface area contributed by atoms with Gasteiger partial charge in [-0.3, -0.25) is 9.59 Å². The van der Waals surface area contributed by atoms with Crippen molar-refractivity contribution in [2.45, 2.75) is 12.8 Å². The van der Waals surface area contributed by atoms with E-state index in [1.54, 1.807) is 4.90 Å². The summed E-state index contributed by atoms with van der Waals surface area (Å²) in [5.74, 6) is -1.61. The van der Waals surface area contributed by atoms with Crippen LogP contribution in [0.25, 0.3) is 0 Å². The third-order valence-corrected chi connectivity index (χ3v) is 5.10. The van der Waals surface area contributed by atoms with Crippen LogP contribution in [-0.2, 0) is 4.79 Å². The van der Waals surface area contributed by atoms with Crippen molar-refractivity contribution in [2.75, 3.05) is 13.1 Å². The Bertz CT molecular complexity index is 695. The smallest absolute Gasteiger partial charge is 0.308 e. The number of hydrogen-bond donors (Lipinski definition) is 1. The van der Waals surface area contributed by atoms with Crippen LogP contribution in [0.4, 0.5) is 0 Å². The summed E-state index contributed by atoms with van der Waals surface area (Å²) in [7, 11) is 0. The van der Waals surface area contributed by atoms with Crippen molar-refractivity contribution < 1.29 is 14.7 Å². The van der Waals surface area contributed by atoms with Crippen molar-refractivity contribution >= 4 is 23.2 Å².